The van der Waals surface area contributed by atoms with Gasteiger partial charge in [-0.3, -0.25) is 4.18 Å². The fourth-order valence-corrected chi connectivity index (χ4v) is 1.79. The predicted molar refractivity (Wildman–Crippen MR) is 60.3 cm³/mol. The van der Waals surface area contributed by atoms with E-state index in [1.807, 2.05) is 37.3 Å². The van der Waals surface area contributed by atoms with E-state index in [1.165, 1.54) is 0 Å². The number of benzene rings is 1. The summed E-state index contributed by atoms with van der Waals surface area (Å²) in [6.07, 6.45) is 1.93. The van der Waals surface area contributed by atoms with Gasteiger partial charge in [0.05, 0.1) is 12.9 Å². The van der Waals surface area contributed by atoms with Crippen LogP contribution in [0.3, 0.4) is 0 Å². The van der Waals surface area contributed by atoms with Crippen molar-refractivity contribution >= 4 is 10.1 Å². The van der Waals surface area contributed by atoms with Gasteiger partial charge in [-0.05, 0) is 12.0 Å². The molecule has 1 rings (SSSR count). The monoisotopic (exact) mass is 228 g/mol. The summed E-state index contributed by atoms with van der Waals surface area (Å²) in [7, 11) is -3.34. The van der Waals surface area contributed by atoms with Crippen molar-refractivity contribution in [2.24, 2.45) is 0 Å². The van der Waals surface area contributed by atoms with Gasteiger partial charge in [-0.2, -0.15) is 8.42 Å². The molecule has 0 radical (unpaired) electrons. The van der Waals surface area contributed by atoms with Crippen LogP contribution >= 0.6 is 0 Å². The fraction of sp³-hybridized carbons (Fsp3) is 0.455. The molecule has 3 nitrogen and oxygen atoms in total. The van der Waals surface area contributed by atoms with Crippen molar-refractivity contribution in [2.45, 2.75) is 19.3 Å². The van der Waals surface area contributed by atoms with Gasteiger partial charge in [0.15, 0.2) is 0 Å². The van der Waals surface area contributed by atoms with E-state index in [-0.39, 0.29) is 12.5 Å². The molecule has 0 amide bonds. The molecule has 0 bridgehead atoms. The molecule has 0 N–H and O–H groups in total. The molecule has 1 unspecified atom stereocenters. The molecule has 84 valence electrons. The molecule has 15 heavy (non-hydrogen) atoms. The third-order valence-electron chi connectivity index (χ3n) is 2.25. The average molecular weight is 228 g/mol. The summed E-state index contributed by atoms with van der Waals surface area (Å²) in [6, 6.07) is 9.80. The second-order valence-corrected chi connectivity index (χ2v) is 5.15. The lowest BCUT2D eigenvalue weighted by Gasteiger charge is -2.14. The summed E-state index contributed by atoms with van der Waals surface area (Å²) in [6.45, 7) is 2.24. The van der Waals surface area contributed by atoms with Crippen LogP contribution < -0.4 is 0 Å². The second-order valence-electron chi connectivity index (χ2n) is 3.50. The Kier molecular flexibility index (Phi) is 4.29. The Bertz CT molecular complexity index is 384. The summed E-state index contributed by atoms with van der Waals surface area (Å²) in [5, 5.41) is 0. The molecule has 1 aromatic rings. The van der Waals surface area contributed by atoms with Crippen molar-refractivity contribution in [3.8, 4) is 0 Å². The highest BCUT2D eigenvalue weighted by molar-refractivity contribution is 7.85. The highest BCUT2D eigenvalue weighted by Gasteiger charge is 2.12. The Morgan fingerprint density at radius 3 is 2.33 bits per heavy atom. The summed E-state index contributed by atoms with van der Waals surface area (Å²) in [5.41, 5.74) is 1.11. The minimum atomic E-state index is -3.34. The van der Waals surface area contributed by atoms with Crippen LogP contribution in [0.2, 0.25) is 0 Å². The number of rotatable bonds is 5. The SMILES string of the molecule is CCC(COS(C)(=O)=O)c1ccccc1. The van der Waals surface area contributed by atoms with Gasteiger partial charge in [-0.25, -0.2) is 0 Å². The largest absolute Gasteiger partial charge is 0.270 e. The van der Waals surface area contributed by atoms with Gasteiger partial charge in [0, 0.05) is 5.92 Å². The van der Waals surface area contributed by atoms with Gasteiger partial charge in [0.1, 0.15) is 0 Å². The molecule has 0 saturated heterocycles. The van der Waals surface area contributed by atoms with E-state index in [0.29, 0.717) is 0 Å². The highest BCUT2D eigenvalue weighted by atomic mass is 32.2. The average Bonchev–Trinajstić information content (AvgIpc) is 2.19. The Hall–Kier alpha value is -0.870. The zero-order valence-electron chi connectivity index (χ0n) is 9.01. The second kappa shape index (κ2) is 5.28. The minimum absolute atomic E-state index is 0.140. The van der Waals surface area contributed by atoms with Crippen LogP contribution in [-0.4, -0.2) is 21.3 Å². The molecule has 0 aromatic heterocycles. The van der Waals surface area contributed by atoms with Gasteiger partial charge < -0.3 is 0 Å². The van der Waals surface area contributed by atoms with Gasteiger partial charge in [0.2, 0.25) is 0 Å². The Morgan fingerprint density at radius 1 is 1.27 bits per heavy atom. The molecular formula is C11H16O3S. The van der Waals surface area contributed by atoms with E-state index in [9.17, 15) is 8.42 Å². The lowest BCUT2D eigenvalue weighted by Crippen LogP contribution is -2.11. The normalized spacial score (nSPS) is 13.7. The van der Waals surface area contributed by atoms with Crippen molar-refractivity contribution < 1.29 is 12.6 Å². The van der Waals surface area contributed by atoms with Crippen molar-refractivity contribution in [2.75, 3.05) is 12.9 Å². The Balaban J connectivity index is 2.66. The van der Waals surface area contributed by atoms with Crippen LogP contribution in [-0.2, 0) is 14.3 Å². The van der Waals surface area contributed by atoms with E-state index in [0.717, 1.165) is 18.2 Å². The Labute approximate surface area is 91.2 Å². The van der Waals surface area contributed by atoms with E-state index in [4.69, 9.17) is 4.18 Å². The first-order valence-corrected chi connectivity index (χ1v) is 6.74. The molecule has 0 heterocycles. The summed E-state index contributed by atoms with van der Waals surface area (Å²) < 4.78 is 26.5. The maximum atomic E-state index is 10.9. The molecule has 0 fully saturated rings. The molecule has 0 saturated carbocycles. The molecule has 0 aliphatic heterocycles. The van der Waals surface area contributed by atoms with Crippen LogP contribution in [0.5, 0.6) is 0 Å². The highest BCUT2D eigenvalue weighted by Crippen LogP contribution is 2.19. The smallest absolute Gasteiger partial charge is 0.264 e. The van der Waals surface area contributed by atoms with Gasteiger partial charge in [0.25, 0.3) is 10.1 Å². The van der Waals surface area contributed by atoms with Crippen LogP contribution in [0.1, 0.15) is 24.8 Å². The van der Waals surface area contributed by atoms with Crippen LogP contribution in [0.4, 0.5) is 0 Å². The quantitative estimate of drug-likeness (QED) is 0.725. The summed E-state index contributed by atoms with van der Waals surface area (Å²) in [4.78, 5) is 0. The number of hydrogen-bond donors (Lipinski definition) is 0. The lowest BCUT2D eigenvalue weighted by atomic mass is 9.98. The maximum Gasteiger partial charge on any atom is 0.264 e. The van der Waals surface area contributed by atoms with E-state index in [2.05, 4.69) is 0 Å². The van der Waals surface area contributed by atoms with Crippen molar-refractivity contribution in [1.29, 1.82) is 0 Å². The number of hydrogen-bond acceptors (Lipinski definition) is 3. The van der Waals surface area contributed by atoms with Crippen LogP contribution in [0.25, 0.3) is 0 Å². The van der Waals surface area contributed by atoms with Crippen LogP contribution in [0.15, 0.2) is 30.3 Å². The molecule has 0 spiro atoms. The zero-order valence-corrected chi connectivity index (χ0v) is 9.83. The maximum absolute atomic E-state index is 10.9. The first-order chi connectivity index (χ1) is 7.03. The molecule has 0 aliphatic carbocycles. The van der Waals surface area contributed by atoms with Crippen molar-refractivity contribution in [1.82, 2.24) is 0 Å². The predicted octanol–water partition coefficient (Wildman–Crippen LogP) is 2.16. The van der Waals surface area contributed by atoms with E-state index >= 15 is 0 Å². The lowest BCUT2D eigenvalue weighted by molar-refractivity contribution is 0.291. The summed E-state index contributed by atoms with van der Waals surface area (Å²) >= 11 is 0. The van der Waals surface area contributed by atoms with Crippen molar-refractivity contribution in [3.05, 3.63) is 35.9 Å². The van der Waals surface area contributed by atoms with Gasteiger partial charge in [-0.15, -0.1) is 0 Å². The summed E-state index contributed by atoms with van der Waals surface area (Å²) in [5.74, 6) is 0.140. The van der Waals surface area contributed by atoms with E-state index < -0.39 is 10.1 Å². The van der Waals surface area contributed by atoms with Crippen molar-refractivity contribution in [3.63, 3.8) is 0 Å². The zero-order chi connectivity index (χ0) is 11.3. The van der Waals surface area contributed by atoms with E-state index in [1.54, 1.807) is 0 Å². The van der Waals surface area contributed by atoms with Gasteiger partial charge in [-0.1, -0.05) is 37.3 Å². The Morgan fingerprint density at radius 2 is 1.87 bits per heavy atom. The first-order valence-electron chi connectivity index (χ1n) is 4.92. The molecule has 1 atom stereocenters. The molecular weight excluding hydrogens is 212 g/mol. The standard InChI is InChI=1S/C11H16O3S/c1-3-10(9-14-15(2,12)13)11-7-5-4-6-8-11/h4-8,10H,3,9H2,1-2H3. The van der Waals surface area contributed by atoms with Gasteiger partial charge >= 0.3 is 0 Å². The third-order valence-corrected chi connectivity index (χ3v) is 2.81. The third kappa shape index (κ3) is 4.44. The molecule has 1 aromatic carbocycles. The fourth-order valence-electron chi connectivity index (χ4n) is 1.38. The molecule has 0 aliphatic rings. The topological polar surface area (TPSA) is 43.4 Å². The van der Waals surface area contributed by atoms with Crippen LogP contribution in [0, 0.1) is 0 Å². The molecule has 4 heteroatoms. The first kappa shape index (κ1) is 12.2. The minimum Gasteiger partial charge on any atom is -0.270 e.